The van der Waals surface area contributed by atoms with Gasteiger partial charge in [0.15, 0.2) is 6.10 Å². The van der Waals surface area contributed by atoms with Crippen LogP contribution in [0.2, 0.25) is 0 Å². The summed E-state index contributed by atoms with van der Waals surface area (Å²) in [5.74, 6) is -1.32. The van der Waals surface area contributed by atoms with E-state index in [4.69, 9.17) is 9.57 Å². The van der Waals surface area contributed by atoms with Gasteiger partial charge in [-0.3, -0.25) is 4.79 Å². The molecule has 0 bridgehead atoms. The van der Waals surface area contributed by atoms with Gasteiger partial charge in [-0.05, 0) is 18.2 Å². The van der Waals surface area contributed by atoms with Crippen LogP contribution >= 0.6 is 0 Å². The first kappa shape index (κ1) is 18.1. The van der Waals surface area contributed by atoms with Crippen LogP contribution in [0, 0.1) is 5.82 Å². The third-order valence-electron chi connectivity index (χ3n) is 4.42. The lowest BCUT2D eigenvalue weighted by Crippen LogP contribution is -2.49. The maximum absolute atomic E-state index is 13.4. The van der Waals surface area contributed by atoms with Crippen molar-refractivity contribution < 1.29 is 28.3 Å². The van der Waals surface area contributed by atoms with Gasteiger partial charge in [-0.15, -0.1) is 0 Å². The molecule has 0 saturated carbocycles. The van der Waals surface area contributed by atoms with Gasteiger partial charge in [0.1, 0.15) is 5.82 Å². The average molecular weight is 362 g/mol. The quantitative estimate of drug-likeness (QED) is 0.631. The molecule has 0 spiro atoms. The van der Waals surface area contributed by atoms with E-state index < -0.39 is 29.4 Å². The Morgan fingerprint density at radius 3 is 3.00 bits per heavy atom. The zero-order valence-corrected chi connectivity index (χ0v) is 14.2. The van der Waals surface area contributed by atoms with Crippen molar-refractivity contribution >= 4 is 17.6 Å². The molecule has 26 heavy (non-hydrogen) atoms. The summed E-state index contributed by atoms with van der Waals surface area (Å²) < 4.78 is 23.4. The van der Waals surface area contributed by atoms with Gasteiger partial charge in [0.25, 0.3) is 5.91 Å². The molecule has 8 heteroatoms. The number of benzene rings is 1. The minimum Gasteiger partial charge on any atom is -0.467 e. The van der Waals surface area contributed by atoms with Crippen LogP contribution in [-0.4, -0.2) is 49.1 Å². The van der Waals surface area contributed by atoms with Gasteiger partial charge in [0.05, 0.1) is 25.5 Å². The van der Waals surface area contributed by atoms with E-state index >= 15 is 0 Å². The lowest BCUT2D eigenvalue weighted by atomic mass is 9.93. The highest BCUT2D eigenvalue weighted by Gasteiger charge is 2.46. The number of nitrogens with zero attached hydrogens (tertiary/aromatic N) is 1. The Morgan fingerprint density at radius 1 is 1.50 bits per heavy atom. The van der Waals surface area contributed by atoms with Gasteiger partial charge in [-0.1, -0.05) is 23.9 Å². The highest BCUT2D eigenvalue weighted by Crippen LogP contribution is 2.29. The fourth-order valence-electron chi connectivity index (χ4n) is 2.93. The predicted molar refractivity (Wildman–Crippen MR) is 89.9 cm³/mol. The normalized spacial score (nSPS) is 27.4. The minimum absolute atomic E-state index is 0.125. The van der Waals surface area contributed by atoms with E-state index in [1.165, 1.54) is 25.3 Å². The minimum atomic E-state index is -1.38. The van der Waals surface area contributed by atoms with Gasteiger partial charge >= 0.3 is 5.97 Å². The van der Waals surface area contributed by atoms with Crippen molar-refractivity contribution in [3.8, 4) is 0 Å². The van der Waals surface area contributed by atoms with Crippen molar-refractivity contribution in [1.29, 1.82) is 0 Å². The van der Waals surface area contributed by atoms with Crippen molar-refractivity contribution in [3.63, 3.8) is 0 Å². The number of ether oxygens (including phenoxy) is 2. The van der Waals surface area contributed by atoms with E-state index in [9.17, 15) is 14.0 Å². The van der Waals surface area contributed by atoms with Gasteiger partial charge in [0, 0.05) is 18.4 Å². The number of rotatable bonds is 5. The summed E-state index contributed by atoms with van der Waals surface area (Å²) in [4.78, 5) is 29.6. The second-order valence-electron chi connectivity index (χ2n) is 6.16. The summed E-state index contributed by atoms with van der Waals surface area (Å²) in [6, 6.07) is 5.54. The van der Waals surface area contributed by atoms with E-state index in [1.54, 1.807) is 12.1 Å². The van der Waals surface area contributed by atoms with E-state index in [2.05, 4.69) is 21.8 Å². The van der Waals surface area contributed by atoms with Gasteiger partial charge in [0.2, 0.25) is 5.60 Å². The largest absolute Gasteiger partial charge is 0.467 e. The molecule has 1 fully saturated rings. The van der Waals surface area contributed by atoms with Crippen LogP contribution in [0.15, 0.2) is 42.1 Å². The molecule has 3 atom stereocenters. The summed E-state index contributed by atoms with van der Waals surface area (Å²) in [6.45, 7) is 3.86. The van der Waals surface area contributed by atoms with Crippen LogP contribution in [-0.2, 0) is 23.9 Å². The second-order valence-corrected chi connectivity index (χ2v) is 6.16. The number of nitrogens with one attached hydrogen (secondary N) is 1. The predicted octanol–water partition coefficient (Wildman–Crippen LogP) is 1.32. The zero-order valence-electron chi connectivity index (χ0n) is 14.2. The van der Waals surface area contributed by atoms with Crippen molar-refractivity contribution in [2.24, 2.45) is 5.16 Å². The maximum atomic E-state index is 13.4. The Labute approximate surface area is 149 Å². The molecule has 0 aromatic heterocycles. The number of oxime groups is 1. The number of hydrogen-bond donors (Lipinski definition) is 1. The molecule has 2 aliphatic rings. The molecule has 1 aromatic rings. The molecule has 3 unspecified atom stereocenters. The van der Waals surface area contributed by atoms with Gasteiger partial charge < -0.3 is 19.6 Å². The number of methoxy groups -OCH3 is 1. The molecule has 3 rings (SSSR count). The molecule has 1 N–H and O–H groups in total. The third kappa shape index (κ3) is 3.45. The van der Waals surface area contributed by atoms with Crippen LogP contribution in [0.4, 0.5) is 4.39 Å². The molecule has 138 valence electrons. The van der Waals surface area contributed by atoms with Crippen LogP contribution in [0.1, 0.15) is 18.4 Å². The summed E-state index contributed by atoms with van der Waals surface area (Å²) in [6.07, 6.45) is 1.10. The SMILES string of the molecule is C=CC1(C(=O)NC2COC(C(=O)OC)C2)CC(c2cccc(F)c2)=NO1. The standard InChI is InChI=1S/C18H19FN2O5/c1-3-18(9-14(21-26-18)11-5-4-6-12(19)7-11)17(23)20-13-8-15(25-10-13)16(22)24-2/h3-7,13,15H,1,8-10H2,2H3,(H,20,23). The fourth-order valence-corrected chi connectivity index (χ4v) is 2.93. The van der Waals surface area contributed by atoms with Gasteiger partial charge in [-0.25, -0.2) is 9.18 Å². The molecule has 7 nitrogen and oxygen atoms in total. The monoisotopic (exact) mass is 362 g/mol. The Morgan fingerprint density at radius 2 is 2.31 bits per heavy atom. The highest BCUT2D eigenvalue weighted by atomic mass is 19.1. The molecule has 0 aliphatic carbocycles. The van der Waals surface area contributed by atoms with Crippen molar-refractivity contribution in [1.82, 2.24) is 5.32 Å². The highest BCUT2D eigenvalue weighted by molar-refractivity contribution is 6.06. The Bertz CT molecular complexity index is 766. The molecule has 1 saturated heterocycles. The smallest absolute Gasteiger partial charge is 0.335 e. The van der Waals surface area contributed by atoms with Crippen LogP contribution < -0.4 is 5.32 Å². The summed E-state index contributed by atoms with van der Waals surface area (Å²) in [7, 11) is 1.28. The summed E-state index contributed by atoms with van der Waals surface area (Å²) in [5, 5.41) is 6.73. The van der Waals surface area contributed by atoms with E-state index in [1.807, 2.05) is 0 Å². The Kier molecular flexibility index (Phi) is 5.03. The van der Waals surface area contributed by atoms with Gasteiger partial charge in [-0.2, -0.15) is 0 Å². The zero-order chi connectivity index (χ0) is 18.7. The average Bonchev–Trinajstić information content (AvgIpc) is 3.29. The second kappa shape index (κ2) is 7.25. The Hall–Kier alpha value is -2.74. The lowest BCUT2D eigenvalue weighted by Gasteiger charge is -2.23. The summed E-state index contributed by atoms with van der Waals surface area (Å²) in [5.41, 5.74) is -0.392. The van der Waals surface area contributed by atoms with E-state index in [0.29, 0.717) is 17.7 Å². The third-order valence-corrected chi connectivity index (χ3v) is 4.42. The lowest BCUT2D eigenvalue weighted by molar-refractivity contribution is -0.151. The Balaban J connectivity index is 1.65. The maximum Gasteiger partial charge on any atom is 0.335 e. The first-order chi connectivity index (χ1) is 12.5. The number of carbonyl (C=O) groups excluding carboxylic acids is 2. The van der Waals surface area contributed by atoms with Crippen molar-refractivity contribution in [2.75, 3.05) is 13.7 Å². The number of carbonyl (C=O) groups is 2. The van der Waals surface area contributed by atoms with Crippen molar-refractivity contribution in [2.45, 2.75) is 30.6 Å². The number of halogens is 1. The molecule has 0 radical (unpaired) electrons. The molecule has 1 aromatic carbocycles. The topological polar surface area (TPSA) is 86.2 Å². The first-order valence-electron chi connectivity index (χ1n) is 8.12. The number of amides is 1. The first-order valence-corrected chi connectivity index (χ1v) is 8.12. The summed E-state index contributed by atoms with van der Waals surface area (Å²) >= 11 is 0. The van der Waals surface area contributed by atoms with Crippen LogP contribution in [0.5, 0.6) is 0 Å². The van der Waals surface area contributed by atoms with E-state index in [0.717, 1.165) is 0 Å². The molecule has 2 aliphatic heterocycles. The number of esters is 1. The van der Waals surface area contributed by atoms with Crippen molar-refractivity contribution in [3.05, 3.63) is 48.3 Å². The molecule has 2 heterocycles. The number of hydrogen-bond acceptors (Lipinski definition) is 6. The molecular weight excluding hydrogens is 343 g/mol. The van der Waals surface area contributed by atoms with Crippen LogP contribution in [0.3, 0.4) is 0 Å². The molecule has 1 amide bonds. The fraction of sp³-hybridized carbons (Fsp3) is 0.389. The molecular formula is C18H19FN2O5. The van der Waals surface area contributed by atoms with E-state index in [-0.39, 0.29) is 19.1 Å². The van der Waals surface area contributed by atoms with Crippen LogP contribution in [0.25, 0.3) is 0 Å².